The molecule has 0 bridgehead atoms. The van der Waals surface area contributed by atoms with Gasteiger partial charge in [-0.1, -0.05) is 89.7 Å². The maximum absolute atomic E-state index is 4.40. The van der Waals surface area contributed by atoms with Gasteiger partial charge in [0.25, 0.3) is 0 Å². The van der Waals surface area contributed by atoms with E-state index in [1.54, 1.807) is 0 Å². The zero-order valence-corrected chi connectivity index (χ0v) is 17.7. The number of allylic oxidation sites excluding steroid dienone is 1. The fraction of sp³-hybridized carbons (Fsp3) is 0.440. The largest absolute Gasteiger partial charge is 0.375 e. The van der Waals surface area contributed by atoms with E-state index in [0.29, 0.717) is 5.92 Å². The van der Waals surface area contributed by atoms with E-state index >= 15 is 0 Å². The van der Waals surface area contributed by atoms with Crippen LogP contribution in [0.15, 0.2) is 60.8 Å². The third-order valence-corrected chi connectivity index (χ3v) is 4.73. The van der Waals surface area contributed by atoms with Crippen LogP contribution in [-0.4, -0.2) is 18.0 Å². The molecule has 26 heavy (non-hydrogen) atoms. The zero-order valence-electron chi connectivity index (χ0n) is 17.7. The van der Waals surface area contributed by atoms with Crippen LogP contribution in [0.3, 0.4) is 0 Å². The summed E-state index contributed by atoms with van der Waals surface area (Å²) in [4.78, 5) is 2.45. The van der Waals surface area contributed by atoms with Gasteiger partial charge in [0.15, 0.2) is 0 Å². The second-order valence-electron chi connectivity index (χ2n) is 6.64. The number of rotatable bonds is 8. The third kappa shape index (κ3) is 5.76. The molecule has 0 radical (unpaired) electrons. The van der Waals surface area contributed by atoms with Gasteiger partial charge in [0.05, 0.1) is 0 Å². The van der Waals surface area contributed by atoms with Crippen molar-refractivity contribution in [3.8, 4) is 11.1 Å². The topological polar surface area (TPSA) is 3.24 Å². The summed E-state index contributed by atoms with van der Waals surface area (Å²) in [6, 6.07) is 17.5. The van der Waals surface area contributed by atoms with Gasteiger partial charge in [0.1, 0.15) is 0 Å². The maximum Gasteiger partial charge on any atom is 0.0205 e. The van der Waals surface area contributed by atoms with Gasteiger partial charge in [0.2, 0.25) is 0 Å². The van der Waals surface area contributed by atoms with Gasteiger partial charge in [-0.2, -0.15) is 0 Å². The Morgan fingerprint density at radius 2 is 1.54 bits per heavy atom. The van der Waals surface area contributed by atoms with Gasteiger partial charge in [-0.15, -0.1) is 0 Å². The average Bonchev–Trinajstić information content (AvgIpc) is 2.69. The first-order valence-electron chi connectivity index (χ1n) is 10.2. The van der Waals surface area contributed by atoms with Crippen LogP contribution in [0.25, 0.3) is 11.1 Å². The van der Waals surface area contributed by atoms with Crippen molar-refractivity contribution in [2.75, 3.05) is 13.1 Å². The van der Waals surface area contributed by atoms with E-state index in [9.17, 15) is 0 Å². The van der Waals surface area contributed by atoms with Crippen LogP contribution in [0.4, 0.5) is 0 Å². The molecule has 0 aliphatic heterocycles. The molecule has 1 atom stereocenters. The third-order valence-electron chi connectivity index (χ3n) is 4.73. The minimum absolute atomic E-state index is 0.353. The molecular weight excluding hydrogens is 314 g/mol. The lowest BCUT2D eigenvalue weighted by molar-refractivity contribution is 0.327. The summed E-state index contributed by atoms with van der Waals surface area (Å²) in [7, 11) is 0. The van der Waals surface area contributed by atoms with Crippen LogP contribution in [0.1, 0.15) is 64.5 Å². The van der Waals surface area contributed by atoms with E-state index in [2.05, 4.69) is 87.7 Å². The predicted molar refractivity (Wildman–Crippen MR) is 118 cm³/mol. The normalized spacial score (nSPS) is 11.3. The van der Waals surface area contributed by atoms with Gasteiger partial charge in [-0.05, 0) is 42.0 Å². The molecule has 2 rings (SSSR count). The Labute approximate surface area is 161 Å². The molecule has 0 aliphatic carbocycles. The molecule has 0 N–H and O–H groups in total. The van der Waals surface area contributed by atoms with E-state index in [-0.39, 0.29) is 0 Å². The standard InChI is InChI=1S/C23H31N.C2H6/c1-6-15-24(16-7-2)20(5)19(4)22-13-14-23(18(3)17-22)21-11-9-8-10-12-21;1-2/h8-14,17,19H,5-7,15-16H2,1-4H3;1-2H3. The molecule has 1 heteroatoms. The fourth-order valence-corrected chi connectivity index (χ4v) is 3.30. The summed E-state index contributed by atoms with van der Waals surface area (Å²) in [6.45, 7) is 19.5. The lowest BCUT2D eigenvalue weighted by atomic mass is 9.92. The zero-order chi connectivity index (χ0) is 19.5. The van der Waals surface area contributed by atoms with Gasteiger partial charge in [-0.3, -0.25) is 0 Å². The fourth-order valence-electron chi connectivity index (χ4n) is 3.30. The van der Waals surface area contributed by atoms with E-state index < -0.39 is 0 Å². The summed E-state index contributed by atoms with van der Waals surface area (Å²) in [6.07, 6.45) is 2.33. The Hall–Kier alpha value is -2.02. The number of hydrogen-bond acceptors (Lipinski definition) is 1. The highest BCUT2D eigenvalue weighted by Crippen LogP contribution is 2.30. The number of nitrogens with zero attached hydrogens (tertiary/aromatic N) is 1. The minimum atomic E-state index is 0.353. The maximum atomic E-state index is 4.40. The van der Waals surface area contributed by atoms with E-state index in [1.165, 1.54) is 28.0 Å². The molecule has 0 amide bonds. The summed E-state index contributed by atoms with van der Waals surface area (Å²) in [5.74, 6) is 0.353. The first-order valence-corrected chi connectivity index (χ1v) is 10.2. The smallest absolute Gasteiger partial charge is 0.0205 e. The molecule has 1 nitrogen and oxygen atoms in total. The van der Waals surface area contributed by atoms with Gasteiger partial charge in [-0.25, -0.2) is 0 Å². The molecule has 2 aromatic carbocycles. The van der Waals surface area contributed by atoms with E-state index in [1.807, 2.05) is 13.8 Å². The lowest BCUT2D eigenvalue weighted by Crippen LogP contribution is -2.27. The second-order valence-corrected chi connectivity index (χ2v) is 6.64. The highest BCUT2D eigenvalue weighted by molar-refractivity contribution is 5.67. The predicted octanol–water partition coefficient (Wildman–Crippen LogP) is 7.43. The van der Waals surface area contributed by atoms with Crippen LogP contribution in [0.5, 0.6) is 0 Å². The monoisotopic (exact) mass is 351 g/mol. The Kier molecular flexibility index (Phi) is 9.80. The summed E-state index contributed by atoms with van der Waals surface area (Å²) >= 11 is 0. The SMILES string of the molecule is C=C(C(C)c1ccc(-c2ccccc2)c(C)c1)N(CCC)CCC.CC. The van der Waals surface area contributed by atoms with Crippen LogP contribution in [0, 0.1) is 6.92 Å². The second kappa shape index (κ2) is 11.6. The molecule has 2 aromatic rings. The van der Waals surface area contributed by atoms with Crippen molar-refractivity contribution in [1.82, 2.24) is 4.90 Å². The molecule has 1 unspecified atom stereocenters. The van der Waals surface area contributed by atoms with Crippen molar-refractivity contribution >= 4 is 0 Å². The molecule has 0 saturated carbocycles. The summed E-state index contributed by atoms with van der Waals surface area (Å²) < 4.78 is 0. The van der Waals surface area contributed by atoms with Crippen molar-refractivity contribution < 1.29 is 0 Å². The Morgan fingerprint density at radius 1 is 0.962 bits per heavy atom. The lowest BCUT2D eigenvalue weighted by Gasteiger charge is -2.30. The number of hydrogen-bond donors (Lipinski definition) is 0. The average molecular weight is 352 g/mol. The summed E-state index contributed by atoms with van der Waals surface area (Å²) in [5, 5.41) is 0. The number of aryl methyl sites for hydroxylation is 1. The Morgan fingerprint density at radius 3 is 2.04 bits per heavy atom. The van der Waals surface area contributed by atoms with Gasteiger partial charge in [0, 0.05) is 24.7 Å². The summed E-state index contributed by atoms with van der Waals surface area (Å²) in [5.41, 5.74) is 6.53. The molecule has 0 spiro atoms. The van der Waals surface area contributed by atoms with Crippen molar-refractivity contribution in [3.05, 3.63) is 71.9 Å². The van der Waals surface area contributed by atoms with Crippen molar-refractivity contribution in [2.45, 2.75) is 60.3 Å². The molecule has 0 aliphatic rings. The Bertz CT molecular complexity index is 651. The van der Waals surface area contributed by atoms with Crippen LogP contribution < -0.4 is 0 Å². The van der Waals surface area contributed by atoms with E-state index in [4.69, 9.17) is 0 Å². The van der Waals surface area contributed by atoms with E-state index in [0.717, 1.165) is 25.9 Å². The minimum Gasteiger partial charge on any atom is -0.375 e. The highest BCUT2D eigenvalue weighted by atomic mass is 15.1. The van der Waals surface area contributed by atoms with Gasteiger partial charge >= 0.3 is 0 Å². The van der Waals surface area contributed by atoms with Crippen molar-refractivity contribution in [3.63, 3.8) is 0 Å². The first kappa shape index (κ1) is 22.0. The number of benzene rings is 2. The van der Waals surface area contributed by atoms with Crippen molar-refractivity contribution in [1.29, 1.82) is 0 Å². The first-order chi connectivity index (χ1) is 12.6. The Balaban J connectivity index is 0.00000163. The molecular formula is C25H37N. The molecule has 0 aromatic heterocycles. The van der Waals surface area contributed by atoms with Crippen LogP contribution >= 0.6 is 0 Å². The van der Waals surface area contributed by atoms with Crippen molar-refractivity contribution in [2.24, 2.45) is 0 Å². The van der Waals surface area contributed by atoms with Crippen LogP contribution in [-0.2, 0) is 0 Å². The van der Waals surface area contributed by atoms with Crippen LogP contribution in [0.2, 0.25) is 0 Å². The molecule has 0 heterocycles. The quantitative estimate of drug-likeness (QED) is 0.478. The highest BCUT2D eigenvalue weighted by Gasteiger charge is 2.16. The van der Waals surface area contributed by atoms with Gasteiger partial charge < -0.3 is 4.90 Å². The molecule has 0 fully saturated rings. The molecule has 0 saturated heterocycles. The molecule has 142 valence electrons.